The van der Waals surface area contributed by atoms with Gasteiger partial charge in [0.25, 0.3) is 0 Å². The summed E-state index contributed by atoms with van der Waals surface area (Å²) in [6.45, 7) is 7.38. The van der Waals surface area contributed by atoms with Gasteiger partial charge in [0.05, 0.1) is 6.61 Å². The molecule has 110 valence electrons. The number of hydrogen-bond acceptors (Lipinski definition) is 3. The molecule has 0 aromatic heterocycles. The van der Waals surface area contributed by atoms with Crippen LogP contribution in [0.15, 0.2) is 16.6 Å². The van der Waals surface area contributed by atoms with Gasteiger partial charge in [-0.1, -0.05) is 22.9 Å². The SMILES string of the molecule is CCN(Cc1cc(Br)cc2c1OCC2)C(C)(C)C(=O)O. The first-order valence-electron chi connectivity index (χ1n) is 6.78. The van der Waals surface area contributed by atoms with Crippen LogP contribution in [0.25, 0.3) is 0 Å². The molecule has 0 aliphatic carbocycles. The lowest BCUT2D eigenvalue weighted by atomic mass is 10.0. The van der Waals surface area contributed by atoms with Crippen molar-refractivity contribution < 1.29 is 14.6 Å². The summed E-state index contributed by atoms with van der Waals surface area (Å²) in [7, 11) is 0. The second kappa shape index (κ2) is 5.74. The van der Waals surface area contributed by atoms with Crippen molar-refractivity contribution in [3.63, 3.8) is 0 Å². The summed E-state index contributed by atoms with van der Waals surface area (Å²) in [6.07, 6.45) is 0.913. The predicted molar refractivity (Wildman–Crippen MR) is 81.1 cm³/mol. The molecule has 0 atom stereocenters. The molecule has 0 saturated carbocycles. The highest BCUT2D eigenvalue weighted by molar-refractivity contribution is 9.10. The van der Waals surface area contributed by atoms with Crippen molar-refractivity contribution in [3.8, 4) is 5.75 Å². The van der Waals surface area contributed by atoms with E-state index in [1.165, 1.54) is 5.56 Å². The number of ether oxygens (including phenoxy) is 1. The maximum absolute atomic E-state index is 11.4. The fourth-order valence-electron chi connectivity index (χ4n) is 2.51. The van der Waals surface area contributed by atoms with Crippen LogP contribution in [0.1, 0.15) is 31.9 Å². The lowest BCUT2D eigenvalue weighted by Gasteiger charge is -2.34. The minimum absolute atomic E-state index is 0.567. The first-order chi connectivity index (χ1) is 9.36. The molecule has 1 aromatic carbocycles. The van der Waals surface area contributed by atoms with Crippen molar-refractivity contribution in [3.05, 3.63) is 27.7 Å². The van der Waals surface area contributed by atoms with Crippen LogP contribution in [0.4, 0.5) is 0 Å². The summed E-state index contributed by atoms with van der Waals surface area (Å²) in [5.74, 6) is 0.111. The molecule has 0 unspecified atom stereocenters. The Kier molecular flexibility index (Phi) is 4.39. The molecule has 0 fully saturated rings. The van der Waals surface area contributed by atoms with E-state index < -0.39 is 11.5 Å². The number of carbonyl (C=O) groups is 1. The summed E-state index contributed by atoms with van der Waals surface area (Å²) in [6, 6.07) is 4.09. The number of aliphatic carboxylic acids is 1. The van der Waals surface area contributed by atoms with Crippen LogP contribution in [0.3, 0.4) is 0 Å². The minimum atomic E-state index is -0.900. The number of nitrogens with zero attached hydrogens (tertiary/aromatic N) is 1. The van der Waals surface area contributed by atoms with Crippen LogP contribution in [0.2, 0.25) is 0 Å². The van der Waals surface area contributed by atoms with Crippen LogP contribution in [0, 0.1) is 0 Å². The van der Waals surface area contributed by atoms with E-state index >= 15 is 0 Å². The summed E-state index contributed by atoms with van der Waals surface area (Å²) in [4.78, 5) is 13.4. The predicted octanol–water partition coefficient (Wildman–Crippen LogP) is 3.07. The van der Waals surface area contributed by atoms with E-state index in [4.69, 9.17) is 4.74 Å². The van der Waals surface area contributed by atoms with Gasteiger partial charge in [0.1, 0.15) is 11.3 Å². The van der Waals surface area contributed by atoms with E-state index in [1.807, 2.05) is 17.9 Å². The number of halogens is 1. The molecule has 0 spiro atoms. The number of likely N-dealkylation sites (N-methyl/N-ethyl adjacent to an activating group) is 1. The van der Waals surface area contributed by atoms with Gasteiger partial charge in [-0.05, 0) is 38.1 Å². The normalized spacial score (nSPS) is 14.2. The van der Waals surface area contributed by atoms with Crippen molar-refractivity contribution in [1.29, 1.82) is 0 Å². The quantitative estimate of drug-likeness (QED) is 0.894. The number of carboxylic acid groups (broad SMARTS) is 1. The van der Waals surface area contributed by atoms with Gasteiger partial charge in [0, 0.05) is 23.0 Å². The molecule has 0 bridgehead atoms. The van der Waals surface area contributed by atoms with Crippen LogP contribution in [-0.2, 0) is 17.8 Å². The summed E-state index contributed by atoms with van der Waals surface area (Å²) in [5, 5.41) is 9.39. The number of carboxylic acids is 1. The highest BCUT2D eigenvalue weighted by Crippen LogP contribution is 2.34. The Morgan fingerprint density at radius 1 is 1.50 bits per heavy atom. The van der Waals surface area contributed by atoms with E-state index in [-0.39, 0.29) is 0 Å². The fourth-order valence-corrected chi connectivity index (χ4v) is 3.06. The Bertz CT molecular complexity index is 528. The van der Waals surface area contributed by atoms with Crippen molar-refractivity contribution >= 4 is 21.9 Å². The number of rotatable bonds is 5. The number of fused-ring (bicyclic) bond motifs is 1. The average Bonchev–Trinajstić information content (AvgIpc) is 2.83. The zero-order valence-electron chi connectivity index (χ0n) is 12.1. The molecular weight excluding hydrogens is 322 g/mol. The van der Waals surface area contributed by atoms with Gasteiger partial charge in [0.15, 0.2) is 0 Å². The highest BCUT2D eigenvalue weighted by atomic mass is 79.9. The molecule has 1 aliphatic rings. The third-order valence-electron chi connectivity index (χ3n) is 3.88. The molecule has 1 aromatic rings. The Hall–Kier alpha value is -1.07. The fraction of sp³-hybridized carbons (Fsp3) is 0.533. The van der Waals surface area contributed by atoms with Crippen molar-refractivity contribution in [2.24, 2.45) is 0 Å². The lowest BCUT2D eigenvalue weighted by Crippen LogP contribution is -2.49. The van der Waals surface area contributed by atoms with Crippen LogP contribution >= 0.6 is 15.9 Å². The molecule has 0 saturated heterocycles. The Labute approximate surface area is 127 Å². The number of hydrogen-bond donors (Lipinski definition) is 1. The van der Waals surface area contributed by atoms with Crippen LogP contribution < -0.4 is 4.74 Å². The summed E-state index contributed by atoms with van der Waals surface area (Å²) >= 11 is 3.52. The molecule has 20 heavy (non-hydrogen) atoms. The maximum Gasteiger partial charge on any atom is 0.323 e. The molecule has 1 aliphatic heterocycles. The van der Waals surface area contributed by atoms with E-state index in [9.17, 15) is 9.90 Å². The molecule has 2 rings (SSSR count). The Balaban J connectivity index is 2.31. The van der Waals surface area contributed by atoms with Crippen molar-refractivity contribution in [2.45, 2.75) is 39.3 Å². The molecule has 0 radical (unpaired) electrons. The van der Waals surface area contributed by atoms with Gasteiger partial charge < -0.3 is 9.84 Å². The van der Waals surface area contributed by atoms with Crippen molar-refractivity contribution in [1.82, 2.24) is 4.90 Å². The summed E-state index contributed by atoms with van der Waals surface area (Å²) < 4.78 is 6.72. The molecule has 4 nitrogen and oxygen atoms in total. The molecule has 0 amide bonds. The van der Waals surface area contributed by atoms with E-state index in [2.05, 4.69) is 22.0 Å². The van der Waals surface area contributed by atoms with Crippen molar-refractivity contribution in [2.75, 3.05) is 13.2 Å². The second-order valence-corrected chi connectivity index (χ2v) is 6.45. The second-order valence-electron chi connectivity index (χ2n) is 5.53. The lowest BCUT2D eigenvalue weighted by molar-refractivity contribution is -0.149. The topological polar surface area (TPSA) is 49.8 Å². The summed E-state index contributed by atoms with van der Waals surface area (Å²) in [5.41, 5.74) is 1.34. The molecular formula is C15H20BrNO3. The molecule has 1 heterocycles. The number of benzene rings is 1. The average molecular weight is 342 g/mol. The van der Waals surface area contributed by atoms with Gasteiger partial charge >= 0.3 is 5.97 Å². The first-order valence-corrected chi connectivity index (χ1v) is 7.58. The van der Waals surface area contributed by atoms with Gasteiger partial charge in [-0.15, -0.1) is 0 Å². The zero-order chi connectivity index (χ0) is 14.9. The van der Waals surface area contributed by atoms with E-state index in [0.29, 0.717) is 19.7 Å². The third kappa shape index (κ3) is 2.83. The van der Waals surface area contributed by atoms with E-state index in [0.717, 1.165) is 22.2 Å². The monoisotopic (exact) mass is 341 g/mol. The third-order valence-corrected chi connectivity index (χ3v) is 4.34. The standard InChI is InChI=1S/C15H20BrNO3/c1-4-17(15(2,3)14(18)19)9-11-8-12(16)7-10-5-6-20-13(10)11/h7-8H,4-6,9H2,1-3H3,(H,18,19). The Morgan fingerprint density at radius 2 is 2.20 bits per heavy atom. The van der Waals surface area contributed by atoms with E-state index in [1.54, 1.807) is 13.8 Å². The first kappa shape index (κ1) is 15.3. The highest BCUT2D eigenvalue weighted by Gasteiger charge is 2.34. The van der Waals surface area contributed by atoms with Crippen LogP contribution in [0.5, 0.6) is 5.75 Å². The van der Waals surface area contributed by atoms with Crippen LogP contribution in [-0.4, -0.2) is 34.7 Å². The van der Waals surface area contributed by atoms with Gasteiger partial charge in [0.2, 0.25) is 0 Å². The maximum atomic E-state index is 11.4. The van der Waals surface area contributed by atoms with Gasteiger partial charge in [-0.3, -0.25) is 9.69 Å². The molecule has 1 N–H and O–H groups in total. The van der Waals surface area contributed by atoms with Gasteiger partial charge in [-0.25, -0.2) is 0 Å². The zero-order valence-corrected chi connectivity index (χ0v) is 13.7. The smallest absolute Gasteiger partial charge is 0.323 e. The largest absolute Gasteiger partial charge is 0.493 e. The van der Waals surface area contributed by atoms with Gasteiger partial charge in [-0.2, -0.15) is 0 Å². The molecule has 5 heteroatoms. The Morgan fingerprint density at radius 3 is 2.80 bits per heavy atom. The minimum Gasteiger partial charge on any atom is -0.493 e.